The molecule has 0 spiro atoms. The second kappa shape index (κ2) is 7.35. The molecule has 13 heteroatoms. The first-order chi connectivity index (χ1) is 14.7. The van der Waals surface area contributed by atoms with Gasteiger partial charge in [0.2, 0.25) is 11.9 Å². The van der Waals surface area contributed by atoms with Gasteiger partial charge in [-0.3, -0.25) is 19.9 Å². The molecular formula is C17H17N11O2. The topological polar surface area (TPSA) is 163 Å². The van der Waals surface area contributed by atoms with Gasteiger partial charge in [0.05, 0.1) is 12.2 Å². The lowest BCUT2D eigenvalue weighted by Crippen LogP contribution is -2.41. The van der Waals surface area contributed by atoms with Gasteiger partial charge in [-0.1, -0.05) is 0 Å². The highest BCUT2D eigenvalue weighted by molar-refractivity contribution is 5.92. The number of piperidine rings is 1. The van der Waals surface area contributed by atoms with E-state index >= 15 is 0 Å². The van der Waals surface area contributed by atoms with Crippen molar-refractivity contribution in [3.8, 4) is 5.82 Å². The van der Waals surface area contributed by atoms with E-state index in [1.165, 1.54) is 17.3 Å². The van der Waals surface area contributed by atoms with Crippen molar-refractivity contribution in [2.24, 2.45) is 5.92 Å². The lowest BCUT2D eigenvalue weighted by molar-refractivity contribution is -0.120. The van der Waals surface area contributed by atoms with Crippen molar-refractivity contribution in [1.82, 2.24) is 44.9 Å². The first kappa shape index (κ1) is 17.9. The molecule has 5 rings (SSSR count). The number of aromatic nitrogens is 9. The first-order valence-corrected chi connectivity index (χ1v) is 9.35. The summed E-state index contributed by atoms with van der Waals surface area (Å²) < 4.78 is 1.52. The van der Waals surface area contributed by atoms with Crippen molar-refractivity contribution >= 4 is 28.8 Å². The van der Waals surface area contributed by atoms with Crippen LogP contribution >= 0.6 is 0 Å². The molecule has 0 bridgehead atoms. The van der Waals surface area contributed by atoms with Crippen LogP contribution in [0.2, 0.25) is 0 Å². The van der Waals surface area contributed by atoms with Crippen LogP contribution < -0.4 is 15.8 Å². The molecule has 13 nitrogen and oxygen atoms in total. The van der Waals surface area contributed by atoms with Gasteiger partial charge in [-0.2, -0.15) is 10.1 Å². The number of carbonyl (C=O) groups excluding carboxylic acids is 1. The summed E-state index contributed by atoms with van der Waals surface area (Å²) in [5.74, 6) is 0.825. The van der Waals surface area contributed by atoms with Gasteiger partial charge in [-0.25, -0.2) is 14.6 Å². The summed E-state index contributed by atoms with van der Waals surface area (Å²) in [7, 11) is 0. The molecule has 152 valence electrons. The van der Waals surface area contributed by atoms with Gasteiger partial charge in [-0.05, 0) is 25.0 Å². The number of rotatable bonds is 4. The van der Waals surface area contributed by atoms with Crippen molar-refractivity contribution in [3.63, 3.8) is 0 Å². The van der Waals surface area contributed by atoms with Crippen molar-refractivity contribution in [1.29, 1.82) is 0 Å². The predicted molar refractivity (Wildman–Crippen MR) is 105 cm³/mol. The number of H-pyrrole nitrogens is 2. The summed E-state index contributed by atoms with van der Waals surface area (Å²) >= 11 is 0. The third-order valence-corrected chi connectivity index (χ3v) is 4.94. The number of aromatic amines is 2. The number of nitrogens with zero attached hydrogens (tertiary/aromatic N) is 8. The highest BCUT2D eigenvalue weighted by atomic mass is 16.2. The standard InChI is InChI=1S/C17H17N11O2/c29-15(23-17-22-14-13(16(30)24-17)19-8-20-14)10-2-1-5-27(6-10)11-3-4-12(26-25-11)28-9-18-7-21-28/h3-4,7-10H,1-2,5-6H2,(H3,19,20,22,23,24,29,30). The third kappa shape index (κ3) is 3.36. The van der Waals surface area contributed by atoms with Crippen molar-refractivity contribution < 1.29 is 4.79 Å². The average molecular weight is 407 g/mol. The normalized spacial score (nSPS) is 16.7. The zero-order chi connectivity index (χ0) is 20.5. The molecule has 1 fully saturated rings. The summed E-state index contributed by atoms with van der Waals surface area (Å²) in [6.07, 6.45) is 5.90. The van der Waals surface area contributed by atoms with E-state index in [0.717, 1.165) is 19.4 Å². The molecule has 1 aliphatic rings. The lowest BCUT2D eigenvalue weighted by atomic mass is 9.97. The lowest BCUT2D eigenvalue weighted by Gasteiger charge is -2.32. The van der Waals surface area contributed by atoms with Gasteiger partial charge in [0, 0.05) is 13.1 Å². The molecule has 1 amide bonds. The van der Waals surface area contributed by atoms with Crippen LogP contribution in [0.5, 0.6) is 0 Å². The Labute approximate surface area is 168 Å². The monoisotopic (exact) mass is 407 g/mol. The molecule has 1 atom stereocenters. The number of amides is 1. The van der Waals surface area contributed by atoms with Crippen LogP contribution in [-0.4, -0.2) is 63.9 Å². The maximum absolute atomic E-state index is 12.8. The van der Waals surface area contributed by atoms with E-state index in [1.54, 1.807) is 12.4 Å². The van der Waals surface area contributed by atoms with Crippen LogP contribution in [0.1, 0.15) is 12.8 Å². The highest BCUT2D eigenvalue weighted by Crippen LogP contribution is 2.22. The quantitative estimate of drug-likeness (QED) is 0.418. The van der Waals surface area contributed by atoms with Gasteiger partial charge >= 0.3 is 0 Å². The fourth-order valence-electron chi connectivity index (χ4n) is 3.46. The molecule has 30 heavy (non-hydrogen) atoms. The Morgan fingerprint density at radius 3 is 2.90 bits per heavy atom. The SMILES string of the molecule is O=C(Nc1nc2nc[nH]c2c(=O)[nH]1)C1CCCN(c2ccc(-n3cncn3)nn2)C1. The Kier molecular flexibility index (Phi) is 4.38. The van der Waals surface area contributed by atoms with E-state index in [2.05, 4.69) is 45.5 Å². The first-order valence-electron chi connectivity index (χ1n) is 9.35. The van der Waals surface area contributed by atoms with Crippen LogP contribution in [0.3, 0.4) is 0 Å². The van der Waals surface area contributed by atoms with Crippen molar-refractivity contribution in [2.75, 3.05) is 23.3 Å². The molecular weight excluding hydrogens is 390 g/mol. The van der Waals surface area contributed by atoms with Crippen LogP contribution in [0.25, 0.3) is 17.0 Å². The largest absolute Gasteiger partial charge is 0.354 e. The Bertz CT molecular complexity index is 1230. The Morgan fingerprint density at radius 2 is 2.10 bits per heavy atom. The average Bonchev–Trinajstić information content (AvgIpc) is 3.46. The zero-order valence-corrected chi connectivity index (χ0v) is 15.7. The number of imidazole rings is 1. The molecule has 4 aromatic heterocycles. The van der Waals surface area contributed by atoms with E-state index in [1.807, 2.05) is 11.0 Å². The Balaban J connectivity index is 1.28. The maximum Gasteiger partial charge on any atom is 0.278 e. The number of hydrogen-bond donors (Lipinski definition) is 3. The maximum atomic E-state index is 12.8. The van der Waals surface area contributed by atoms with Gasteiger partial charge in [-0.15, -0.1) is 10.2 Å². The van der Waals surface area contributed by atoms with Gasteiger partial charge in [0.15, 0.2) is 22.8 Å². The molecule has 0 radical (unpaired) electrons. The molecule has 0 aliphatic carbocycles. The second-order valence-corrected chi connectivity index (χ2v) is 6.88. The van der Waals surface area contributed by atoms with Crippen molar-refractivity contribution in [3.05, 3.63) is 41.5 Å². The summed E-state index contributed by atoms with van der Waals surface area (Å²) in [5, 5.41) is 15.2. The minimum absolute atomic E-state index is 0.0821. The minimum atomic E-state index is -0.388. The van der Waals surface area contributed by atoms with Gasteiger partial charge < -0.3 is 9.88 Å². The number of nitrogens with one attached hydrogen (secondary N) is 3. The van der Waals surface area contributed by atoms with Crippen molar-refractivity contribution in [2.45, 2.75) is 12.8 Å². The summed E-state index contributed by atoms with van der Waals surface area (Å²) in [5.41, 5.74) is 0.132. The van der Waals surface area contributed by atoms with Gasteiger partial charge in [0.1, 0.15) is 12.7 Å². The second-order valence-electron chi connectivity index (χ2n) is 6.88. The molecule has 1 aliphatic heterocycles. The highest BCUT2D eigenvalue weighted by Gasteiger charge is 2.27. The minimum Gasteiger partial charge on any atom is -0.354 e. The molecule has 0 aromatic carbocycles. The van der Waals surface area contributed by atoms with E-state index in [-0.39, 0.29) is 34.5 Å². The third-order valence-electron chi connectivity index (χ3n) is 4.94. The van der Waals surface area contributed by atoms with E-state index in [0.29, 0.717) is 18.2 Å². The fourth-order valence-corrected chi connectivity index (χ4v) is 3.46. The molecule has 1 saturated heterocycles. The molecule has 1 unspecified atom stereocenters. The summed E-state index contributed by atoms with van der Waals surface area (Å²) in [6, 6.07) is 3.64. The zero-order valence-electron chi connectivity index (χ0n) is 15.7. The molecule has 3 N–H and O–H groups in total. The number of fused-ring (bicyclic) bond motifs is 1. The Hall–Kier alpha value is -4.16. The van der Waals surface area contributed by atoms with Gasteiger partial charge in [0.25, 0.3) is 5.56 Å². The number of carbonyl (C=O) groups is 1. The van der Waals surface area contributed by atoms with Crippen LogP contribution in [0.4, 0.5) is 11.8 Å². The summed E-state index contributed by atoms with van der Waals surface area (Å²) in [4.78, 5) is 44.1. The number of anilines is 2. The fraction of sp³-hybridized carbons (Fsp3) is 0.294. The molecule has 0 saturated carbocycles. The van der Waals surface area contributed by atoms with Crippen LogP contribution in [0, 0.1) is 5.92 Å². The molecule has 5 heterocycles. The van der Waals surface area contributed by atoms with E-state index in [9.17, 15) is 9.59 Å². The molecule has 4 aromatic rings. The van der Waals surface area contributed by atoms with E-state index < -0.39 is 0 Å². The van der Waals surface area contributed by atoms with Crippen LogP contribution in [-0.2, 0) is 4.79 Å². The van der Waals surface area contributed by atoms with Crippen LogP contribution in [0.15, 0.2) is 35.9 Å². The Morgan fingerprint density at radius 1 is 1.23 bits per heavy atom. The number of hydrogen-bond acceptors (Lipinski definition) is 9. The predicted octanol–water partition coefficient (Wildman–Crippen LogP) is -0.128. The smallest absolute Gasteiger partial charge is 0.278 e. The van der Waals surface area contributed by atoms with E-state index in [4.69, 9.17) is 0 Å². The summed E-state index contributed by atoms with van der Waals surface area (Å²) in [6.45, 7) is 1.26.